The number of aliphatic hydroxyl groups excluding tert-OH is 2. The number of aldehydes is 1. The zero-order valence-electron chi connectivity index (χ0n) is 20.7. The van der Waals surface area contributed by atoms with Gasteiger partial charge >= 0.3 is 0 Å². The molecule has 1 saturated heterocycles. The molecule has 0 aromatic heterocycles. The smallest absolute Gasteiger partial charge is 0.137 e. The number of halogens is 3. The van der Waals surface area contributed by atoms with Crippen LogP contribution >= 0.6 is 23.4 Å². The second-order valence-electron chi connectivity index (χ2n) is 8.97. The van der Waals surface area contributed by atoms with Crippen molar-refractivity contribution in [2.45, 2.75) is 80.2 Å². The average molecular weight is 547 g/mol. The Morgan fingerprint density at radius 3 is 2.75 bits per heavy atom. The van der Waals surface area contributed by atoms with Gasteiger partial charge in [0, 0.05) is 17.8 Å². The summed E-state index contributed by atoms with van der Waals surface area (Å²) in [6, 6.07) is 3.00. The van der Waals surface area contributed by atoms with Crippen LogP contribution in [0.5, 0.6) is 0 Å². The molecule has 0 saturated carbocycles. The van der Waals surface area contributed by atoms with E-state index in [-0.39, 0.29) is 29.1 Å². The molecule has 7 atom stereocenters. The molecule has 1 fully saturated rings. The molecule has 5 N–H and O–H groups in total. The first kappa shape index (κ1) is 30.9. The van der Waals surface area contributed by atoms with Crippen molar-refractivity contribution < 1.29 is 28.5 Å². The standard InChI is InChI=1S/C17H19F2NO.C9H18ClNO3S/c18-15-6-8-17(19)14(11-15)4-2-1-3-13-5-7-16(12-21)20-10-9-13;1-4(10)7(11)8-5(12)3-6(13)9(14-8)15-2/h1,3,5-6,8,11-12,16,20H,2,4,7,9-10H2;4-9,12-13H,3,11H2,1-2H3/b3-1+;/t;4?,5-,6?,7?,8?,9?/m.0/s1. The summed E-state index contributed by atoms with van der Waals surface area (Å²) in [5.74, 6) is -0.774. The lowest BCUT2D eigenvalue weighted by Crippen LogP contribution is -2.56. The summed E-state index contributed by atoms with van der Waals surface area (Å²) in [6.45, 7) is 2.54. The molecule has 2 aliphatic heterocycles. The number of rotatable bonds is 8. The van der Waals surface area contributed by atoms with Crippen LogP contribution in [0.1, 0.15) is 38.2 Å². The largest absolute Gasteiger partial charge is 0.390 e. The van der Waals surface area contributed by atoms with Crippen molar-refractivity contribution in [2.75, 3.05) is 12.8 Å². The fourth-order valence-electron chi connectivity index (χ4n) is 3.98. The average Bonchev–Trinajstić information content (AvgIpc) is 3.09. The van der Waals surface area contributed by atoms with Gasteiger partial charge in [0.2, 0.25) is 0 Å². The number of nitrogens with one attached hydrogen (secondary N) is 1. The van der Waals surface area contributed by atoms with Crippen molar-refractivity contribution in [3.63, 3.8) is 0 Å². The summed E-state index contributed by atoms with van der Waals surface area (Å²) in [5.41, 5.74) is 7.08. The van der Waals surface area contributed by atoms with Gasteiger partial charge in [-0.15, -0.1) is 23.4 Å². The fraction of sp³-hybridized carbons (Fsp3) is 0.577. The van der Waals surface area contributed by atoms with Crippen LogP contribution in [0.2, 0.25) is 0 Å². The molecule has 0 radical (unpaired) electrons. The van der Waals surface area contributed by atoms with E-state index in [2.05, 4.69) is 11.4 Å². The summed E-state index contributed by atoms with van der Waals surface area (Å²) in [6.07, 6.45) is 9.88. The van der Waals surface area contributed by atoms with Crippen molar-refractivity contribution in [3.05, 3.63) is 59.2 Å². The molecule has 2 heterocycles. The van der Waals surface area contributed by atoms with Gasteiger partial charge in [0.05, 0.1) is 18.2 Å². The minimum atomic E-state index is -0.750. The third-order valence-corrected chi connectivity index (χ3v) is 7.33. The minimum absolute atomic E-state index is 0.0997. The number of ether oxygens (including phenoxy) is 1. The van der Waals surface area contributed by atoms with Crippen LogP contribution in [0.3, 0.4) is 0 Å². The first-order chi connectivity index (χ1) is 17.2. The number of hydrogen-bond donors (Lipinski definition) is 4. The van der Waals surface area contributed by atoms with Crippen molar-refractivity contribution >= 4 is 29.6 Å². The highest BCUT2D eigenvalue weighted by atomic mass is 35.5. The Balaban J connectivity index is 0.000000269. The molecule has 2 aliphatic rings. The third kappa shape index (κ3) is 9.85. The van der Waals surface area contributed by atoms with Gasteiger partial charge in [-0.2, -0.15) is 0 Å². The van der Waals surface area contributed by atoms with Crippen LogP contribution in [0, 0.1) is 11.6 Å². The summed E-state index contributed by atoms with van der Waals surface area (Å²) in [5, 5.41) is 22.2. The molecule has 0 amide bonds. The Bertz CT molecular complexity index is 890. The molecular weight excluding hydrogens is 510 g/mol. The monoisotopic (exact) mass is 546 g/mol. The number of hydrogen-bond acceptors (Lipinski definition) is 7. The number of nitrogens with two attached hydrogens (primary N) is 1. The maximum Gasteiger partial charge on any atom is 0.137 e. The fourth-order valence-corrected chi connectivity index (χ4v) is 4.79. The van der Waals surface area contributed by atoms with Crippen LogP contribution < -0.4 is 11.1 Å². The van der Waals surface area contributed by atoms with Crippen LogP contribution in [0.15, 0.2) is 42.0 Å². The van der Waals surface area contributed by atoms with E-state index in [1.807, 2.05) is 18.4 Å². The van der Waals surface area contributed by atoms with E-state index >= 15 is 0 Å². The molecule has 6 nitrogen and oxygen atoms in total. The van der Waals surface area contributed by atoms with E-state index in [4.69, 9.17) is 22.1 Å². The van der Waals surface area contributed by atoms with E-state index in [9.17, 15) is 23.8 Å². The van der Waals surface area contributed by atoms with Gasteiger partial charge in [0.25, 0.3) is 0 Å². The molecule has 36 heavy (non-hydrogen) atoms. The Morgan fingerprint density at radius 1 is 1.33 bits per heavy atom. The highest BCUT2D eigenvalue weighted by Crippen LogP contribution is 2.28. The second kappa shape index (κ2) is 15.8. The molecule has 0 spiro atoms. The molecule has 1 aromatic carbocycles. The molecule has 0 bridgehead atoms. The number of alkyl halides is 1. The van der Waals surface area contributed by atoms with E-state index in [0.717, 1.165) is 31.4 Å². The normalized spacial score (nSPS) is 28.4. The third-order valence-electron chi connectivity index (χ3n) is 6.15. The maximum atomic E-state index is 13.4. The lowest BCUT2D eigenvalue weighted by atomic mass is 9.96. The number of benzene rings is 1. The van der Waals surface area contributed by atoms with Crippen molar-refractivity contribution in [3.8, 4) is 0 Å². The topological polar surface area (TPSA) is 105 Å². The van der Waals surface area contributed by atoms with Crippen molar-refractivity contribution in [1.29, 1.82) is 0 Å². The van der Waals surface area contributed by atoms with E-state index in [1.165, 1.54) is 23.4 Å². The summed E-state index contributed by atoms with van der Waals surface area (Å²) >= 11 is 7.28. The van der Waals surface area contributed by atoms with Crippen molar-refractivity contribution in [1.82, 2.24) is 5.32 Å². The Morgan fingerprint density at radius 2 is 2.08 bits per heavy atom. The number of aliphatic hydroxyl groups is 2. The molecule has 0 aliphatic carbocycles. The predicted molar refractivity (Wildman–Crippen MR) is 141 cm³/mol. The summed E-state index contributed by atoms with van der Waals surface area (Å²) in [4.78, 5) is 10.7. The van der Waals surface area contributed by atoms with Gasteiger partial charge in [-0.3, -0.25) is 0 Å². The number of aryl methyl sites for hydroxylation is 1. The molecule has 3 rings (SSSR count). The summed E-state index contributed by atoms with van der Waals surface area (Å²) in [7, 11) is 0. The molecule has 6 unspecified atom stereocenters. The SMILES string of the molecule is CSC1OC(C(N)C(C)Cl)[C@@H](O)CC1O.O=CC1CC=C(/C=C/CCc2cc(F)ccc2F)CCN1. The number of carbonyl (C=O) groups excluding carboxylic acids is 1. The van der Waals surface area contributed by atoms with Crippen LogP contribution in [-0.2, 0) is 16.0 Å². The van der Waals surface area contributed by atoms with E-state index in [0.29, 0.717) is 24.8 Å². The van der Waals surface area contributed by atoms with Crippen LogP contribution in [-0.4, -0.2) is 70.5 Å². The predicted octanol–water partition coefficient (Wildman–Crippen LogP) is 3.47. The second-order valence-corrected chi connectivity index (χ2v) is 10.6. The summed E-state index contributed by atoms with van der Waals surface area (Å²) < 4.78 is 32.0. The van der Waals surface area contributed by atoms with Gasteiger partial charge < -0.3 is 30.8 Å². The van der Waals surface area contributed by atoms with Gasteiger partial charge in [-0.05, 0) is 69.2 Å². The van der Waals surface area contributed by atoms with Crippen molar-refractivity contribution in [2.24, 2.45) is 5.73 Å². The van der Waals surface area contributed by atoms with Gasteiger partial charge in [-0.25, -0.2) is 8.78 Å². The number of allylic oxidation sites excluding steroid dienone is 2. The van der Waals surface area contributed by atoms with Crippen LogP contribution in [0.25, 0.3) is 0 Å². The van der Waals surface area contributed by atoms with E-state index < -0.39 is 30.2 Å². The first-order valence-electron chi connectivity index (χ1n) is 12.1. The molecule has 10 heteroatoms. The Labute approximate surface area is 221 Å². The zero-order chi connectivity index (χ0) is 26.7. The highest BCUT2D eigenvalue weighted by molar-refractivity contribution is 7.99. The number of thioether (sulfide) groups is 1. The van der Waals surface area contributed by atoms with Gasteiger partial charge in [0.1, 0.15) is 29.5 Å². The molecule has 202 valence electrons. The van der Waals surface area contributed by atoms with Crippen LogP contribution in [0.4, 0.5) is 8.78 Å². The lowest BCUT2D eigenvalue weighted by molar-refractivity contribution is -0.144. The zero-order valence-corrected chi connectivity index (χ0v) is 22.2. The molecule has 1 aromatic rings. The lowest BCUT2D eigenvalue weighted by Gasteiger charge is -2.39. The first-order valence-corrected chi connectivity index (χ1v) is 13.8. The van der Waals surface area contributed by atoms with Gasteiger partial charge in [-0.1, -0.05) is 23.8 Å². The van der Waals surface area contributed by atoms with Gasteiger partial charge in [0.15, 0.2) is 0 Å². The van der Waals surface area contributed by atoms with E-state index in [1.54, 1.807) is 6.92 Å². The Hall–Kier alpha value is -1.33. The highest BCUT2D eigenvalue weighted by Gasteiger charge is 2.40. The Kier molecular flexibility index (Phi) is 13.6. The molecular formula is C26H37ClF2N2O4S. The number of carbonyl (C=O) groups is 1. The quantitative estimate of drug-likeness (QED) is 0.292. The minimum Gasteiger partial charge on any atom is -0.390 e. The maximum absolute atomic E-state index is 13.4.